The van der Waals surface area contributed by atoms with E-state index in [-0.39, 0.29) is 6.23 Å². The highest BCUT2D eigenvalue weighted by molar-refractivity contribution is 6.10. The Kier molecular flexibility index (Phi) is 7.85. The normalized spacial score (nSPS) is 13.4. The molecule has 0 aliphatic carbocycles. The number of nitrogens with one attached hydrogen (secondary N) is 1. The highest BCUT2D eigenvalue weighted by atomic mass is 16.5. The summed E-state index contributed by atoms with van der Waals surface area (Å²) in [5, 5.41) is 8.44. The zero-order chi connectivity index (χ0) is 37.7. The Morgan fingerprint density at radius 1 is 0.439 bits per heavy atom. The Morgan fingerprint density at radius 2 is 1.07 bits per heavy atom. The number of para-hydroxylation sites is 2. The second-order valence-corrected chi connectivity index (χ2v) is 14.6. The Labute approximate surface area is 331 Å². The summed E-state index contributed by atoms with van der Waals surface area (Å²) in [4.78, 5) is 2.38. The lowest BCUT2D eigenvalue weighted by Crippen LogP contribution is -2.10. The minimum atomic E-state index is -0.265. The maximum absolute atomic E-state index is 6.67. The van der Waals surface area contributed by atoms with Crippen molar-refractivity contribution in [1.82, 2.24) is 4.57 Å². The van der Waals surface area contributed by atoms with Gasteiger partial charge in [0.1, 0.15) is 0 Å². The highest BCUT2D eigenvalue weighted by Crippen LogP contribution is 2.49. The van der Waals surface area contributed by atoms with Crippen molar-refractivity contribution in [3.05, 3.63) is 218 Å². The number of ether oxygens (including phenoxy) is 1. The van der Waals surface area contributed by atoms with E-state index in [9.17, 15) is 0 Å². The summed E-state index contributed by atoms with van der Waals surface area (Å²) >= 11 is 0. The predicted octanol–water partition coefficient (Wildman–Crippen LogP) is 14.2. The molecule has 4 nitrogen and oxygen atoms in total. The fraction of sp³-hybridized carbons (Fsp3) is 0.0189. The number of rotatable bonds is 7. The molecule has 4 heteroatoms. The molecule has 9 aromatic carbocycles. The van der Waals surface area contributed by atoms with Crippen LogP contribution >= 0.6 is 0 Å². The third-order valence-electron chi connectivity index (χ3n) is 11.2. The standard InChI is InChI=1S/C53H37N3O/c1-4-15-36(16-5-1)39-20-14-23-43(33-39)55(44-31-32-47-46-25-12-13-26-49(46)56(50(47)35-44)41-21-8-3-9-22-41)42-29-27-37(28-30-42)48-34-40-19-10-11-24-45(40)52-51(48)54-53(57-52)38-17-6-2-7-18-38/h1-35,53-54H. The van der Waals surface area contributed by atoms with Crippen LogP contribution in [0.3, 0.4) is 0 Å². The van der Waals surface area contributed by atoms with Crippen LogP contribution in [-0.2, 0) is 0 Å². The van der Waals surface area contributed by atoms with Gasteiger partial charge in [-0.05, 0) is 82.7 Å². The fourth-order valence-corrected chi connectivity index (χ4v) is 8.51. The Hall–Kier alpha value is -7.56. The van der Waals surface area contributed by atoms with Gasteiger partial charge in [0.2, 0.25) is 0 Å². The maximum atomic E-state index is 6.67. The van der Waals surface area contributed by atoms with Gasteiger partial charge in [0.15, 0.2) is 12.0 Å². The molecule has 10 aromatic rings. The Balaban J connectivity index is 1.07. The molecule has 0 radical (unpaired) electrons. The van der Waals surface area contributed by atoms with Crippen molar-refractivity contribution in [2.75, 3.05) is 10.2 Å². The second kappa shape index (κ2) is 13.6. The molecular weight excluding hydrogens is 695 g/mol. The number of anilines is 4. The van der Waals surface area contributed by atoms with Crippen molar-refractivity contribution in [1.29, 1.82) is 0 Å². The van der Waals surface area contributed by atoms with E-state index in [4.69, 9.17) is 4.74 Å². The van der Waals surface area contributed by atoms with E-state index < -0.39 is 0 Å². The molecule has 1 aliphatic rings. The minimum absolute atomic E-state index is 0.265. The van der Waals surface area contributed by atoms with Gasteiger partial charge in [-0.1, -0.05) is 152 Å². The Bertz CT molecular complexity index is 3060. The number of nitrogens with zero attached hydrogens (tertiary/aromatic N) is 2. The van der Waals surface area contributed by atoms with Crippen LogP contribution in [-0.4, -0.2) is 4.57 Å². The largest absolute Gasteiger partial charge is 0.464 e. The minimum Gasteiger partial charge on any atom is -0.464 e. The third kappa shape index (κ3) is 5.70. The number of hydrogen-bond donors (Lipinski definition) is 1. The smallest absolute Gasteiger partial charge is 0.196 e. The first kappa shape index (κ1) is 32.8. The number of benzene rings is 9. The molecule has 11 rings (SSSR count). The number of fused-ring (bicyclic) bond motifs is 6. The summed E-state index contributed by atoms with van der Waals surface area (Å²) in [5.41, 5.74) is 13.4. The molecule has 0 spiro atoms. The van der Waals surface area contributed by atoms with Crippen molar-refractivity contribution in [3.8, 4) is 33.7 Å². The first-order valence-electron chi connectivity index (χ1n) is 19.5. The molecule has 1 N–H and O–H groups in total. The van der Waals surface area contributed by atoms with Crippen molar-refractivity contribution in [2.24, 2.45) is 0 Å². The van der Waals surface area contributed by atoms with Gasteiger partial charge in [-0.15, -0.1) is 0 Å². The zero-order valence-corrected chi connectivity index (χ0v) is 31.1. The van der Waals surface area contributed by atoms with Crippen molar-refractivity contribution in [2.45, 2.75) is 6.23 Å². The third-order valence-corrected chi connectivity index (χ3v) is 11.2. The topological polar surface area (TPSA) is 29.4 Å². The monoisotopic (exact) mass is 731 g/mol. The van der Waals surface area contributed by atoms with Gasteiger partial charge in [-0.2, -0.15) is 0 Å². The van der Waals surface area contributed by atoms with Gasteiger partial charge in [0.05, 0.1) is 16.7 Å². The summed E-state index contributed by atoms with van der Waals surface area (Å²) in [6.45, 7) is 0. The quantitative estimate of drug-likeness (QED) is 0.177. The van der Waals surface area contributed by atoms with E-state index >= 15 is 0 Å². The van der Waals surface area contributed by atoms with E-state index in [1.54, 1.807) is 0 Å². The van der Waals surface area contributed by atoms with Gasteiger partial charge >= 0.3 is 0 Å². The summed E-state index contributed by atoms with van der Waals surface area (Å²) in [6.07, 6.45) is -0.265. The molecule has 0 amide bonds. The highest BCUT2D eigenvalue weighted by Gasteiger charge is 2.29. The summed E-state index contributed by atoms with van der Waals surface area (Å²) < 4.78 is 9.05. The molecule has 0 bridgehead atoms. The van der Waals surface area contributed by atoms with Crippen molar-refractivity contribution < 1.29 is 4.74 Å². The molecule has 1 aliphatic heterocycles. The van der Waals surface area contributed by atoms with Crippen LogP contribution in [0.2, 0.25) is 0 Å². The number of aromatic nitrogens is 1. The molecular formula is C53H37N3O. The van der Waals surface area contributed by atoms with Crippen LogP contribution in [0, 0.1) is 0 Å². The molecule has 0 saturated heterocycles. The van der Waals surface area contributed by atoms with Crippen LogP contribution < -0.4 is 15.0 Å². The lowest BCUT2D eigenvalue weighted by Gasteiger charge is -2.26. The molecule has 1 atom stereocenters. The summed E-state index contributed by atoms with van der Waals surface area (Å²) in [6, 6.07) is 75.8. The van der Waals surface area contributed by atoms with Crippen LogP contribution in [0.1, 0.15) is 11.8 Å². The summed E-state index contributed by atoms with van der Waals surface area (Å²) in [7, 11) is 0. The van der Waals surface area contributed by atoms with Crippen LogP contribution in [0.4, 0.5) is 22.7 Å². The number of hydrogen-bond acceptors (Lipinski definition) is 3. The van der Waals surface area contributed by atoms with Crippen molar-refractivity contribution >= 4 is 55.3 Å². The molecule has 2 heterocycles. The Morgan fingerprint density at radius 3 is 1.88 bits per heavy atom. The van der Waals surface area contributed by atoms with Crippen LogP contribution in [0.5, 0.6) is 5.75 Å². The van der Waals surface area contributed by atoms with Gasteiger partial charge < -0.3 is 19.5 Å². The lowest BCUT2D eigenvalue weighted by molar-refractivity contribution is 0.262. The summed E-state index contributed by atoms with van der Waals surface area (Å²) in [5.74, 6) is 0.891. The molecule has 1 aromatic heterocycles. The molecule has 270 valence electrons. The van der Waals surface area contributed by atoms with E-state index in [1.165, 1.54) is 27.4 Å². The van der Waals surface area contributed by atoms with E-state index in [2.05, 4.69) is 221 Å². The lowest BCUT2D eigenvalue weighted by atomic mass is 9.97. The molecule has 57 heavy (non-hydrogen) atoms. The van der Waals surface area contributed by atoms with Crippen LogP contribution in [0.15, 0.2) is 212 Å². The van der Waals surface area contributed by atoms with E-state index in [0.29, 0.717) is 0 Å². The first-order valence-corrected chi connectivity index (χ1v) is 19.5. The predicted molar refractivity (Wildman–Crippen MR) is 237 cm³/mol. The average Bonchev–Trinajstić information content (AvgIpc) is 3.88. The van der Waals surface area contributed by atoms with Crippen molar-refractivity contribution in [3.63, 3.8) is 0 Å². The van der Waals surface area contributed by atoms with Gasteiger partial charge in [-0.3, -0.25) is 0 Å². The average molecular weight is 732 g/mol. The molecule has 0 fully saturated rings. The fourth-order valence-electron chi connectivity index (χ4n) is 8.51. The SMILES string of the molecule is c1ccc(-c2cccc(N(c3ccc(-c4cc5ccccc5c5c4NC(c4ccccc4)O5)cc3)c3ccc4c5ccccc5n(-c5ccccc5)c4c3)c2)cc1. The van der Waals surface area contributed by atoms with Crippen LogP contribution in [0.25, 0.3) is 60.5 Å². The van der Waals surface area contributed by atoms with E-state index in [0.717, 1.165) is 67.2 Å². The van der Waals surface area contributed by atoms with Gasteiger partial charge in [-0.25, -0.2) is 0 Å². The zero-order valence-electron chi connectivity index (χ0n) is 31.1. The van der Waals surface area contributed by atoms with E-state index in [1.807, 2.05) is 6.07 Å². The molecule has 1 unspecified atom stereocenters. The van der Waals surface area contributed by atoms with Gasteiger partial charge in [0.25, 0.3) is 0 Å². The maximum Gasteiger partial charge on any atom is 0.196 e. The second-order valence-electron chi connectivity index (χ2n) is 14.6. The first-order chi connectivity index (χ1) is 28.3. The molecule has 0 saturated carbocycles. The van der Waals surface area contributed by atoms with Gasteiger partial charge in [0, 0.05) is 50.0 Å².